The molecule has 0 radical (unpaired) electrons. The Hall–Kier alpha value is -3.17. The van der Waals surface area contributed by atoms with Crippen molar-refractivity contribution in [1.82, 2.24) is 14.6 Å². The molecule has 0 aliphatic carbocycles. The van der Waals surface area contributed by atoms with Crippen molar-refractivity contribution in [2.75, 3.05) is 37.6 Å². The highest BCUT2D eigenvalue weighted by atomic mass is 32.2. The molecule has 192 valence electrons. The summed E-state index contributed by atoms with van der Waals surface area (Å²) in [6.07, 6.45) is 4.61. The fourth-order valence-corrected chi connectivity index (χ4v) is 6.13. The van der Waals surface area contributed by atoms with Gasteiger partial charge in [-0.15, -0.1) is 0 Å². The average molecular weight is 511 g/mol. The van der Waals surface area contributed by atoms with Gasteiger partial charge in [0.05, 0.1) is 10.5 Å². The van der Waals surface area contributed by atoms with E-state index in [1.54, 1.807) is 6.07 Å². The number of pyridine rings is 1. The van der Waals surface area contributed by atoms with Gasteiger partial charge < -0.3 is 15.2 Å². The van der Waals surface area contributed by atoms with E-state index in [0.29, 0.717) is 30.5 Å². The highest BCUT2D eigenvalue weighted by Crippen LogP contribution is 2.25. The standard InChI is InChI=1S/C27H34N4O4S/c1-2-3-15-30(21-10-5-4-6-11-21)16-9-14-28-27(33)24-20-26(32)29-25-13-12-22(19-23(24)25)36(34,35)31-17-7-8-18-31/h4-6,10-13,19-20H,2-3,7-9,14-18H2,1H3,(H,28,33)(H,29,32). The van der Waals surface area contributed by atoms with E-state index in [-0.39, 0.29) is 16.4 Å². The first-order valence-electron chi connectivity index (χ1n) is 12.7. The molecule has 2 heterocycles. The van der Waals surface area contributed by atoms with Crippen LogP contribution in [-0.2, 0) is 10.0 Å². The Morgan fingerprint density at radius 3 is 2.47 bits per heavy atom. The largest absolute Gasteiger partial charge is 0.371 e. The monoisotopic (exact) mass is 510 g/mol. The third-order valence-electron chi connectivity index (χ3n) is 6.56. The minimum atomic E-state index is -3.64. The van der Waals surface area contributed by atoms with Gasteiger partial charge >= 0.3 is 0 Å². The number of fused-ring (bicyclic) bond motifs is 1. The van der Waals surface area contributed by atoms with E-state index in [2.05, 4.69) is 34.3 Å². The second-order valence-corrected chi connectivity index (χ2v) is 11.1. The first-order chi connectivity index (χ1) is 17.4. The summed E-state index contributed by atoms with van der Waals surface area (Å²) in [7, 11) is -3.64. The van der Waals surface area contributed by atoms with E-state index in [9.17, 15) is 18.0 Å². The van der Waals surface area contributed by atoms with E-state index < -0.39 is 15.6 Å². The zero-order valence-electron chi connectivity index (χ0n) is 20.7. The Morgan fingerprint density at radius 1 is 1.03 bits per heavy atom. The smallest absolute Gasteiger partial charge is 0.252 e. The number of nitrogens with zero attached hydrogens (tertiary/aromatic N) is 2. The number of H-pyrrole nitrogens is 1. The molecule has 36 heavy (non-hydrogen) atoms. The highest BCUT2D eigenvalue weighted by molar-refractivity contribution is 7.89. The van der Waals surface area contributed by atoms with Gasteiger partial charge in [0.1, 0.15) is 0 Å². The lowest BCUT2D eigenvalue weighted by Gasteiger charge is -2.25. The number of aromatic nitrogens is 1. The summed E-state index contributed by atoms with van der Waals surface area (Å²) in [5, 5.41) is 3.33. The number of para-hydroxylation sites is 1. The Morgan fingerprint density at radius 2 is 1.75 bits per heavy atom. The summed E-state index contributed by atoms with van der Waals surface area (Å²) in [6, 6.07) is 16.0. The molecule has 1 fully saturated rings. The van der Waals surface area contributed by atoms with Crippen LogP contribution in [0.3, 0.4) is 0 Å². The molecule has 1 aromatic heterocycles. The Balaban J connectivity index is 1.48. The molecule has 1 amide bonds. The number of hydrogen-bond donors (Lipinski definition) is 2. The molecule has 1 saturated heterocycles. The summed E-state index contributed by atoms with van der Waals surface area (Å²) < 4.78 is 27.6. The van der Waals surface area contributed by atoms with Gasteiger partial charge in [-0.05, 0) is 56.0 Å². The van der Waals surface area contributed by atoms with Crippen LogP contribution in [0.2, 0.25) is 0 Å². The molecular weight excluding hydrogens is 476 g/mol. The predicted octanol–water partition coefficient (Wildman–Crippen LogP) is 3.74. The molecule has 0 saturated carbocycles. The molecule has 2 aromatic carbocycles. The average Bonchev–Trinajstić information content (AvgIpc) is 3.44. The first-order valence-corrected chi connectivity index (χ1v) is 14.1. The van der Waals surface area contributed by atoms with Crippen LogP contribution in [0.1, 0.15) is 49.4 Å². The number of unbranched alkanes of at least 4 members (excludes halogenated alkanes) is 1. The van der Waals surface area contributed by atoms with Crippen LogP contribution >= 0.6 is 0 Å². The zero-order valence-corrected chi connectivity index (χ0v) is 21.5. The molecule has 4 rings (SSSR count). The molecule has 2 N–H and O–H groups in total. The molecule has 9 heteroatoms. The van der Waals surface area contributed by atoms with Gasteiger partial charge in [0.25, 0.3) is 5.91 Å². The first kappa shape index (κ1) is 25.9. The van der Waals surface area contributed by atoms with Gasteiger partial charge in [-0.3, -0.25) is 9.59 Å². The van der Waals surface area contributed by atoms with E-state index in [1.807, 2.05) is 18.2 Å². The number of carbonyl (C=O) groups is 1. The molecule has 0 spiro atoms. The number of nitrogens with one attached hydrogen (secondary N) is 2. The van der Waals surface area contributed by atoms with Gasteiger partial charge in [-0.25, -0.2) is 8.42 Å². The van der Waals surface area contributed by atoms with E-state index >= 15 is 0 Å². The summed E-state index contributed by atoms with van der Waals surface area (Å²) in [4.78, 5) is 30.4. The summed E-state index contributed by atoms with van der Waals surface area (Å²) >= 11 is 0. The van der Waals surface area contributed by atoms with E-state index in [0.717, 1.165) is 50.9 Å². The maximum atomic E-state index is 13.1. The molecule has 0 bridgehead atoms. The van der Waals surface area contributed by atoms with Crippen molar-refractivity contribution in [2.24, 2.45) is 0 Å². The number of hydrogen-bond acceptors (Lipinski definition) is 5. The molecule has 1 aliphatic heterocycles. The van der Waals surface area contributed by atoms with Crippen LogP contribution in [0.4, 0.5) is 5.69 Å². The van der Waals surface area contributed by atoms with Crippen molar-refractivity contribution in [3.05, 3.63) is 70.5 Å². The number of anilines is 1. The van der Waals surface area contributed by atoms with E-state index in [4.69, 9.17) is 0 Å². The van der Waals surface area contributed by atoms with Crippen molar-refractivity contribution < 1.29 is 13.2 Å². The number of sulfonamides is 1. The summed E-state index contributed by atoms with van der Waals surface area (Å²) in [5.41, 5.74) is 1.36. The van der Waals surface area contributed by atoms with Crippen molar-refractivity contribution in [3.8, 4) is 0 Å². The SMILES string of the molecule is CCCCN(CCCNC(=O)c1cc(=O)[nH]c2ccc(S(=O)(=O)N3CCCC3)cc12)c1ccccc1. The van der Waals surface area contributed by atoms with Crippen LogP contribution in [0.5, 0.6) is 0 Å². The van der Waals surface area contributed by atoms with Gasteiger partial charge in [0.15, 0.2) is 0 Å². The van der Waals surface area contributed by atoms with Crippen molar-refractivity contribution in [1.29, 1.82) is 0 Å². The molecule has 3 aromatic rings. The minimum absolute atomic E-state index is 0.132. The number of rotatable bonds is 11. The maximum absolute atomic E-state index is 13.1. The third kappa shape index (κ3) is 5.96. The fourth-order valence-electron chi connectivity index (χ4n) is 4.58. The molecule has 8 nitrogen and oxygen atoms in total. The summed E-state index contributed by atoms with van der Waals surface area (Å²) in [5.74, 6) is -0.387. The van der Waals surface area contributed by atoms with Crippen LogP contribution in [0, 0.1) is 0 Å². The second-order valence-electron chi connectivity index (χ2n) is 9.15. The molecular formula is C27H34N4O4S. The van der Waals surface area contributed by atoms with Gasteiger partial charge in [-0.1, -0.05) is 31.5 Å². The number of amides is 1. The summed E-state index contributed by atoms with van der Waals surface area (Å²) in [6.45, 7) is 5.33. The quantitative estimate of drug-likeness (QED) is 0.383. The Kier molecular flexibility index (Phi) is 8.43. The highest BCUT2D eigenvalue weighted by Gasteiger charge is 2.27. The normalized spacial score (nSPS) is 14.2. The molecule has 0 unspecified atom stereocenters. The Labute approximate surface area is 212 Å². The van der Waals surface area contributed by atoms with Gasteiger partial charge in [0.2, 0.25) is 15.6 Å². The van der Waals surface area contributed by atoms with Crippen LogP contribution < -0.4 is 15.8 Å². The molecule has 0 atom stereocenters. The van der Waals surface area contributed by atoms with Gasteiger partial charge in [0, 0.05) is 55.4 Å². The predicted molar refractivity (Wildman–Crippen MR) is 143 cm³/mol. The molecule has 1 aliphatic rings. The lowest BCUT2D eigenvalue weighted by molar-refractivity contribution is 0.0955. The van der Waals surface area contributed by atoms with Crippen molar-refractivity contribution >= 4 is 32.5 Å². The zero-order chi connectivity index (χ0) is 25.5. The third-order valence-corrected chi connectivity index (χ3v) is 8.45. The van der Waals surface area contributed by atoms with Crippen molar-refractivity contribution in [2.45, 2.75) is 43.9 Å². The maximum Gasteiger partial charge on any atom is 0.252 e. The second kappa shape index (κ2) is 11.7. The fraction of sp³-hybridized carbons (Fsp3) is 0.407. The lowest BCUT2D eigenvalue weighted by Crippen LogP contribution is -2.31. The van der Waals surface area contributed by atoms with Crippen molar-refractivity contribution in [3.63, 3.8) is 0 Å². The minimum Gasteiger partial charge on any atom is -0.371 e. The number of carbonyl (C=O) groups excluding carboxylic acids is 1. The Bertz CT molecular complexity index is 1350. The van der Waals surface area contributed by atoms with Gasteiger partial charge in [-0.2, -0.15) is 4.31 Å². The topological polar surface area (TPSA) is 103 Å². The van der Waals surface area contributed by atoms with E-state index in [1.165, 1.54) is 22.5 Å². The van der Waals surface area contributed by atoms with Crippen LogP contribution in [0.25, 0.3) is 10.9 Å². The van der Waals surface area contributed by atoms with Crippen LogP contribution in [-0.4, -0.2) is 56.3 Å². The number of benzene rings is 2. The van der Waals surface area contributed by atoms with Crippen LogP contribution in [0.15, 0.2) is 64.3 Å². The lowest BCUT2D eigenvalue weighted by atomic mass is 10.1. The number of aromatic amines is 1.